The Morgan fingerprint density at radius 3 is 2.54 bits per heavy atom. The third kappa shape index (κ3) is 3.71. The summed E-state index contributed by atoms with van der Waals surface area (Å²) >= 11 is 12.7. The van der Waals surface area contributed by atoms with E-state index in [-0.39, 0.29) is 6.04 Å². The van der Waals surface area contributed by atoms with Crippen molar-refractivity contribution in [1.29, 1.82) is 0 Å². The van der Waals surface area contributed by atoms with E-state index in [1.54, 1.807) is 12.3 Å². The highest BCUT2D eigenvalue weighted by atomic mass is 35.5. The minimum absolute atomic E-state index is 0.0199. The molecule has 0 radical (unpaired) electrons. The molecule has 26 heavy (non-hydrogen) atoms. The number of hydrogen-bond acceptors (Lipinski definition) is 3. The van der Waals surface area contributed by atoms with Gasteiger partial charge in [-0.3, -0.25) is 0 Å². The second kappa shape index (κ2) is 7.59. The highest BCUT2D eigenvalue weighted by Crippen LogP contribution is 2.40. The maximum Gasteiger partial charge on any atom is 0.291 e. The molecule has 1 heterocycles. The van der Waals surface area contributed by atoms with Gasteiger partial charge in [-0.1, -0.05) is 59.6 Å². The standard InChI is InChI=1S/C18H12Cl2N2.HNO3/c19-14-9-13-6-5-12-3-1-2-4-15(12)18(17(13)16(20)10-14)22-8-7-21-11-22;2-1(3)4/h1-11,18H;(H,2,3,4). The average molecular weight is 390 g/mol. The van der Waals surface area contributed by atoms with Crippen molar-refractivity contribution in [2.24, 2.45) is 0 Å². The average Bonchev–Trinajstić information content (AvgIpc) is 3.04. The first kappa shape index (κ1) is 18.0. The maximum atomic E-state index is 8.36. The van der Waals surface area contributed by atoms with Gasteiger partial charge in [0.05, 0.1) is 12.4 Å². The van der Waals surface area contributed by atoms with Crippen LogP contribution in [0.5, 0.6) is 0 Å². The van der Waals surface area contributed by atoms with E-state index in [0.717, 1.165) is 11.1 Å². The normalized spacial score (nSPS) is 14.5. The summed E-state index contributed by atoms with van der Waals surface area (Å²) in [6, 6.07) is 12.1. The Bertz CT molecular complexity index is 968. The molecule has 1 aromatic heterocycles. The van der Waals surface area contributed by atoms with Gasteiger partial charge in [0.15, 0.2) is 0 Å². The van der Waals surface area contributed by atoms with Crippen molar-refractivity contribution in [3.63, 3.8) is 0 Å². The third-order valence-corrected chi connectivity index (χ3v) is 4.49. The smallest absolute Gasteiger partial charge is 0.291 e. The number of aromatic nitrogens is 2. The highest BCUT2D eigenvalue weighted by molar-refractivity contribution is 6.35. The summed E-state index contributed by atoms with van der Waals surface area (Å²) < 4.78 is 2.07. The lowest BCUT2D eigenvalue weighted by molar-refractivity contribution is -0.742. The van der Waals surface area contributed by atoms with Crippen LogP contribution in [0.3, 0.4) is 0 Å². The molecule has 8 heteroatoms. The Balaban J connectivity index is 0.000000447. The SMILES string of the molecule is Clc1cc(Cl)c2c(c1)C=Cc1ccccc1C2n1ccnc1.O=[N+]([O-])O. The lowest BCUT2D eigenvalue weighted by Crippen LogP contribution is -2.13. The zero-order valence-corrected chi connectivity index (χ0v) is 14.8. The van der Waals surface area contributed by atoms with Crippen LogP contribution in [-0.4, -0.2) is 19.8 Å². The van der Waals surface area contributed by atoms with Crippen molar-refractivity contribution in [2.75, 3.05) is 0 Å². The molecule has 2 aromatic carbocycles. The summed E-state index contributed by atoms with van der Waals surface area (Å²) in [5.41, 5.74) is 4.45. The molecule has 1 atom stereocenters. The summed E-state index contributed by atoms with van der Waals surface area (Å²) in [6.07, 6.45) is 9.74. The molecule has 0 amide bonds. The lowest BCUT2D eigenvalue weighted by atomic mass is 9.94. The molecule has 0 saturated carbocycles. The van der Waals surface area contributed by atoms with E-state index < -0.39 is 5.09 Å². The summed E-state index contributed by atoms with van der Waals surface area (Å²) in [5.74, 6) is 0. The lowest BCUT2D eigenvalue weighted by Gasteiger charge is -2.23. The molecule has 0 spiro atoms. The second-order valence-electron chi connectivity index (χ2n) is 5.50. The van der Waals surface area contributed by atoms with Crippen LogP contribution >= 0.6 is 23.2 Å². The van der Waals surface area contributed by atoms with Crippen molar-refractivity contribution in [3.05, 3.63) is 97.5 Å². The molecule has 0 fully saturated rings. The second-order valence-corrected chi connectivity index (χ2v) is 6.35. The number of rotatable bonds is 1. The molecule has 4 rings (SSSR count). The zero-order chi connectivity index (χ0) is 18.7. The van der Waals surface area contributed by atoms with Crippen LogP contribution in [0.15, 0.2) is 55.1 Å². The summed E-state index contributed by atoms with van der Waals surface area (Å²) in [6.45, 7) is 0. The number of nitrogens with zero attached hydrogens (tertiary/aromatic N) is 3. The molecule has 1 unspecified atom stereocenters. The predicted molar refractivity (Wildman–Crippen MR) is 100 cm³/mol. The van der Waals surface area contributed by atoms with Crippen molar-refractivity contribution in [1.82, 2.24) is 9.55 Å². The largest absolute Gasteiger partial charge is 0.328 e. The molecular formula is C18H13Cl2N3O3. The van der Waals surface area contributed by atoms with Crippen LogP contribution < -0.4 is 0 Å². The molecule has 0 aliphatic heterocycles. The fourth-order valence-electron chi connectivity index (χ4n) is 3.01. The van der Waals surface area contributed by atoms with Gasteiger partial charge in [0.25, 0.3) is 5.09 Å². The highest BCUT2D eigenvalue weighted by Gasteiger charge is 2.25. The number of hydrogen-bond donors (Lipinski definition) is 1. The topological polar surface area (TPSA) is 81.2 Å². The number of fused-ring (bicyclic) bond motifs is 2. The van der Waals surface area contributed by atoms with E-state index in [9.17, 15) is 0 Å². The molecule has 6 nitrogen and oxygen atoms in total. The fourth-order valence-corrected chi connectivity index (χ4v) is 3.62. The van der Waals surface area contributed by atoms with E-state index in [1.807, 2.05) is 30.7 Å². The number of halogens is 2. The summed E-state index contributed by atoms with van der Waals surface area (Å²) in [5, 5.41) is 15.0. The quantitative estimate of drug-likeness (QED) is 0.368. The molecule has 132 valence electrons. The van der Waals surface area contributed by atoms with E-state index in [4.69, 9.17) is 38.5 Å². The van der Waals surface area contributed by atoms with Crippen molar-refractivity contribution in [2.45, 2.75) is 6.04 Å². The third-order valence-electron chi connectivity index (χ3n) is 3.96. The Labute approximate surface area is 159 Å². The van der Waals surface area contributed by atoms with Crippen LogP contribution in [-0.2, 0) is 0 Å². The molecular weight excluding hydrogens is 377 g/mol. The van der Waals surface area contributed by atoms with Gasteiger partial charge < -0.3 is 9.77 Å². The van der Waals surface area contributed by atoms with Gasteiger partial charge in [-0.05, 0) is 28.8 Å². The minimum atomic E-state index is -1.50. The first-order valence-electron chi connectivity index (χ1n) is 7.54. The van der Waals surface area contributed by atoms with E-state index in [2.05, 4.69) is 33.8 Å². The molecule has 1 aliphatic rings. The first-order chi connectivity index (χ1) is 12.5. The molecule has 0 saturated heterocycles. The van der Waals surface area contributed by atoms with E-state index >= 15 is 0 Å². The van der Waals surface area contributed by atoms with Gasteiger partial charge in [0, 0.05) is 28.0 Å². The Kier molecular flexibility index (Phi) is 5.25. The summed E-state index contributed by atoms with van der Waals surface area (Å²) in [4.78, 5) is 12.6. The van der Waals surface area contributed by atoms with Gasteiger partial charge in [-0.15, -0.1) is 10.1 Å². The number of benzene rings is 2. The van der Waals surface area contributed by atoms with Crippen LogP contribution in [0.25, 0.3) is 12.2 Å². The van der Waals surface area contributed by atoms with Crippen molar-refractivity contribution >= 4 is 35.4 Å². The predicted octanol–water partition coefficient (Wildman–Crippen LogP) is 4.96. The van der Waals surface area contributed by atoms with Crippen LogP contribution in [0.4, 0.5) is 0 Å². The van der Waals surface area contributed by atoms with Gasteiger partial charge in [-0.2, -0.15) is 0 Å². The summed E-state index contributed by atoms with van der Waals surface area (Å²) in [7, 11) is 0. The van der Waals surface area contributed by atoms with Crippen LogP contribution in [0, 0.1) is 10.1 Å². The molecule has 3 aromatic rings. The molecule has 1 aliphatic carbocycles. The van der Waals surface area contributed by atoms with E-state index in [1.165, 1.54) is 11.1 Å². The van der Waals surface area contributed by atoms with Gasteiger partial charge in [0.2, 0.25) is 0 Å². The van der Waals surface area contributed by atoms with Crippen LogP contribution in [0.2, 0.25) is 10.0 Å². The first-order valence-corrected chi connectivity index (χ1v) is 8.29. The monoisotopic (exact) mass is 389 g/mol. The fraction of sp³-hybridized carbons (Fsp3) is 0.0556. The number of imidazole rings is 1. The Morgan fingerprint density at radius 2 is 1.85 bits per heavy atom. The van der Waals surface area contributed by atoms with Crippen molar-refractivity contribution < 1.29 is 10.3 Å². The van der Waals surface area contributed by atoms with Crippen molar-refractivity contribution in [3.8, 4) is 0 Å². The van der Waals surface area contributed by atoms with Crippen LogP contribution in [0.1, 0.15) is 28.3 Å². The Hall–Kier alpha value is -2.83. The Morgan fingerprint density at radius 1 is 1.15 bits per heavy atom. The van der Waals surface area contributed by atoms with E-state index in [0.29, 0.717) is 10.0 Å². The molecule has 0 bridgehead atoms. The minimum Gasteiger partial charge on any atom is -0.328 e. The van der Waals surface area contributed by atoms with Gasteiger partial charge in [0.1, 0.15) is 0 Å². The molecule has 1 N–H and O–H groups in total. The maximum absolute atomic E-state index is 8.36. The zero-order valence-electron chi connectivity index (χ0n) is 13.3. The van der Waals surface area contributed by atoms with Gasteiger partial charge >= 0.3 is 0 Å². The van der Waals surface area contributed by atoms with Gasteiger partial charge in [-0.25, -0.2) is 4.98 Å².